The van der Waals surface area contributed by atoms with Gasteiger partial charge in [-0.1, -0.05) is 18.2 Å². The van der Waals surface area contributed by atoms with Gasteiger partial charge >= 0.3 is 6.18 Å². The van der Waals surface area contributed by atoms with Gasteiger partial charge < -0.3 is 5.73 Å². The van der Waals surface area contributed by atoms with E-state index < -0.39 is 11.7 Å². The first kappa shape index (κ1) is 11.4. The van der Waals surface area contributed by atoms with Crippen LogP contribution in [0.5, 0.6) is 0 Å². The molecule has 0 spiro atoms. The molecular weight excluding hydrogens is 231 g/mol. The lowest BCUT2D eigenvalue weighted by atomic mass is 10.0. The molecule has 3 nitrogen and oxygen atoms in total. The molecule has 0 aliphatic carbocycles. The Hall–Kier alpha value is -2.11. The Morgan fingerprint density at radius 1 is 1.12 bits per heavy atom. The Balaban J connectivity index is 2.60. The normalized spacial score (nSPS) is 11.5. The van der Waals surface area contributed by atoms with E-state index in [9.17, 15) is 13.2 Å². The fourth-order valence-corrected chi connectivity index (χ4v) is 1.47. The number of rotatable bonds is 1. The second kappa shape index (κ2) is 4.04. The second-order valence-electron chi connectivity index (χ2n) is 3.42. The van der Waals surface area contributed by atoms with Crippen molar-refractivity contribution in [2.75, 3.05) is 5.73 Å². The van der Waals surface area contributed by atoms with Crippen LogP contribution < -0.4 is 5.73 Å². The van der Waals surface area contributed by atoms with Crippen molar-refractivity contribution in [2.45, 2.75) is 6.18 Å². The van der Waals surface area contributed by atoms with Crippen LogP contribution in [0.1, 0.15) is 5.56 Å². The van der Waals surface area contributed by atoms with E-state index in [1.54, 1.807) is 0 Å². The van der Waals surface area contributed by atoms with Crippen molar-refractivity contribution in [1.29, 1.82) is 0 Å². The molecule has 0 atom stereocenters. The molecule has 1 heterocycles. The Kier molecular flexibility index (Phi) is 2.71. The van der Waals surface area contributed by atoms with Crippen LogP contribution in [0.4, 0.5) is 18.9 Å². The van der Waals surface area contributed by atoms with Crippen LogP contribution in [0, 0.1) is 0 Å². The van der Waals surface area contributed by atoms with Crippen LogP contribution in [0.25, 0.3) is 11.3 Å². The predicted molar refractivity (Wildman–Crippen MR) is 56.9 cm³/mol. The zero-order valence-electron chi connectivity index (χ0n) is 8.57. The lowest BCUT2D eigenvalue weighted by Gasteiger charge is -2.11. The number of alkyl halides is 3. The molecule has 1 aromatic heterocycles. The molecule has 0 saturated carbocycles. The van der Waals surface area contributed by atoms with Gasteiger partial charge in [-0.15, -0.1) is 0 Å². The average Bonchev–Trinajstić information content (AvgIpc) is 2.28. The number of hydrogen-bond donors (Lipinski definition) is 1. The number of benzene rings is 1. The number of aromatic nitrogens is 2. The Morgan fingerprint density at radius 2 is 1.82 bits per heavy atom. The molecule has 0 fully saturated rings. The quantitative estimate of drug-likeness (QED) is 0.832. The van der Waals surface area contributed by atoms with Gasteiger partial charge in [-0.3, -0.25) is 0 Å². The van der Waals surface area contributed by atoms with Gasteiger partial charge in [0.25, 0.3) is 0 Å². The monoisotopic (exact) mass is 239 g/mol. The van der Waals surface area contributed by atoms with E-state index in [1.165, 1.54) is 30.5 Å². The summed E-state index contributed by atoms with van der Waals surface area (Å²) in [6.45, 7) is 0. The van der Waals surface area contributed by atoms with Crippen molar-refractivity contribution >= 4 is 5.69 Å². The zero-order chi connectivity index (χ0) is 12.5. The number of hydrogen-bond acceptors (Lipinski definition) is 3. The first-order valence-corrected chi connectivity index (χ1v) is 4.73. The summed E-state index contributed by atoms with van der Waals surface area (Å²) in [6, 6.07) is 6.53. The van der Waals surface area contributed by atoms with Crippen molar-refractivity contribution in [3.63, 3.8) is 0 Å². The van der Waals surface area contributed by atoms with E-state index in [2.05, 4.69) is 10.2 Å². The number of nitrogens with zero attached hydrogens (tertiary/aromatic N) is 2. The molecule has 0 bridgehead atoms. The van der Waals surface area contributed by atoms with E-state index in [0.29, 0.717) is 0 Å². The molecule has 2 aromatic rings. The minimum Gasteiger partial charge on any atom is -0.397 e. The van der Waals surface area contributed by atoms with Crippen molar-refractivity contribution in [3.05, 3.63) is 42.1 Å². The maximum atomic E-state index is 12.8. The topological polar surface area (TPSA) is 51.8 Å². The van der Waals surface area contributed by atoms with Crippen LogP contribution in [0.2, 0.25) is 0 Å². The largest absolute Gasteiger partial charge is 0.417 e. The first-order chi connectivity index (χ1) is 7.98. The Bertz CT molecular complexity index is 537. The predicted octanol–water partition coefficient (Wildman–Crippen LogP) is 2.74. The maximum Gasteiger partial charge on any atom is 0.417 e. The molecule has 6 heteroatoms. The third-order valence-corrected chi connectivity index (χ3v) is 2.18. The molecule has 0 radical (unpaired) electrons. The molecule has 2 rings (SSSR count). The molecular formula is C11H8F3N3. The van der Waals surface area contributed by atoms with Crippen molar-refractivity contribution in [2.24, 2.45) is 0 Å². The van der Waals surface area contributed by atoms with Crippen molar-refractivity contribution < 1.29 is 13.2 Å². The summed E-state index contributed by atoms with van der Waals surface area (Å²) in [7, 11) is 0. The standard InChI is InChI=1S/C11H8F3N3/c12-11(13,14)9-4-2-1-3-8(9)10-5-7(15)6-16-17-10/h1-6H,(H2,15,17). The number of anilines is 1. The van der Waals surface area contributed by atoms with Gasteiger partial charge in [0.1, 0.15) is 0 Å². The molecule has 88 valence electrons. The van der Waals surface area contributed by atoms with E-state index in [1.807, 2.05) is 0 Å². The van der Waals surface area contributed by atoms with Gasteiger partial charge in [0.15, 0.2) is 0 Å². The second-order valence-corrected chi connectivity index (χ2v) is 3.42. The number of nitrogen functional groups attached to an aromatic ring is 1. The van der Waals surface area contributed by atoms with E-state index in [-0.39, 0.29) is 16.9 Å². The summed E-state index contributed by atoms with van der Waals surface area (Å²) < 4.78 is 38.3. The van der Waals surface area contributed by atoms with Crippen LogP contribution in [0.15, 0.2) is 36.5 Å². The zero-order valence-corrected chi connectivity index (χ0v) is 8.57. The van der Waals surface area contributed by atoms with Crippen molar-refractivity contribution in [3.8, 4) is 11.3 Å². The summed E-state index contributed by atoms with van der Waals surface area (Å²) >= 11 is 0. The molecule has 0 amide bonds. The minimum absolute atomic E-state index is 0.0280. The Morgan fingerprint density at radius 3 is 2.47 bits per heavy atom. The smallest absolute Gasteiger partial charge is 0.397 e. The maximum absolute atomic E-state index is 12.8. The highest BCUT2D eigenvalue weighted by Crippen LogP contribution is 2.36. The fraction of sp³-hybridized carbons (Fsp3) is 0.0909. The summed E-state index contributed by atoms with van der Waals surface area (Å²) in [4.78, 5) is 0. The molecule has 0 aliphatic heterocycles. The average molecular weight is 239 g/mol. The van der Waals surface area contributed by atoms with Crippen molar-refractivity contribution in [1.82, 2.24) is 10.2 Å². The number of halogens is 3. The Labute approximate surface area is 95.1 Å². The lowest BCUT2D eigenvalue weighted by molar-refractivity contribution is -0.137. The van der Waals surface area contributed by atoms with Crippen LogP contribution in [-0.2, 0) is 6.18 Å². The minimum atomic E-state index is -4.43. The van der Waals surface area contributed by atoms with E-state index >= 15 is 0 Å². The molecule has 0 unspecified atom stereocenters. The molecule has 2 N–H and O–H groups in total. The molecule has 0 aliphatic rings. The summed E-state index contributed by atoms with van der Waals surface area (Å²) in [6.07, 6.45) is -3.15. The number of nitrogens with two attached hydrogens (primary N) is 1. The molecule has 1 aromatic carbocycles. The lowest BCUT2D eigenvalue weighted by Crippen LogP contribution is -2.07. The highest BCUT2D eigenvalue weighted by molar-refractivity contribution is 5.66. The van der Waals surface area contributed by atoms with E-state index in [4.69, 9.17) is 5.73 Å². The summed E-state index contributed by atoms with van der Waals surface area (Å²) in [5.41, 5.74) is 5.07. The molecule has 17 heavy (non-hydrogen) atoms. The summed E-state index contributed by atoms with van der Waals surface area (Å²) in [5, 5.41) is 7.20. The SMILES string of the molecule is Nc1cnnc(-c2ccccc2C(F)(F)F)c1. The van der Waals surface area contributed by atoms with Gasteiger partial charge in [-0.25, -0.2) is 0 Å². The van der Waals surface area contributed by atoms with Gasteiger partial charge in [-0.05, 0) is 12.1 Å². The third kappa shape index (κ3) is 2.35. The van der Waals surface area contributed by atoms with Crippen LogP contribution >= 0.6 is 0 Å². The first-order valence-electron chi connectivity index (χ1n) is 4.73. The third-order valence-electron chi connectivity index (χ3n) is 2.18. The summed E-state index contributed by atoms with van der Waals surface area (Å²) in [5.74, 6) is 0. The van der Waals surface area contributed by atoms with Crippen LogP contribution in [-0.4, -0.2) is 10.2 Å². The fourth-order valence-electron chi connectivity index (χ4n) is 1.47. The highest BCUT2D eigenvalue weighted by atomic mass is 19.4. The van der Waals surface area contributed by atoms with Gasteiger partial charge in [0, 0.05) is 5.56 Å². The molecule has 0 saturated heterocycles. The highest BCUT2D eigenvalue weighted by Gasteiger charge is 2.33. The van der Waals surface area contributed by atoms with Crippen LogP contribution in [0.3, 0.4) is 0 Å². The van der Waals surface area contributed by atoms with E-state index in [0.717, 1.165) is 6.07 Å². The van der Waals surface area contributed by atoms with Gasteiger partial charge in [-0.2, -0.15) is 23.4 Å². The van der Waals surface area contributed by atoms with Gasteiger partial charge in [0.05, 0.1) is 23.1 Å². The van der Waals surface area contributed by atoms with Gasteiger partial charge in [0.2, 0.25) is 0 Å².